The number of piperazine rings is 1. The molecule has 0 spiro atoms. The van der Waals surface area contributed by atoms with Crippen LogP contribution in [0.25, 0.3) is 0 Å². The zero-order valence-electron chi connectivity index (χ0n) is 12.7. The number of benzene rings is 1. The number of rotatable bonds is 4. The van der Waals surface area contributed by atoms with Gasteiger partial charge in [0.1, 0.15) is 0 Å². The molecule has 0 saturated carbocycles. The summed E-state index contributed by atoms with van der Waals surface area (Å²) in [4.78, 5) is 15.6. The Morgan fingerprint density at radius 3 is 2.30 bits per heavy atom. The third-order valence-corrected chi connectivity index (χ3v) is 3.99. The van der Waals surface area contributed by atoms with Crippen molar-refractivity contribution in [3.8, 4) is 0 Å². The highest BCUT2D eigenvalue weighted by Crippen LogP contribution is 2.20. The minimum Gasteiger partial charge on any atom is -0.368 e. The van der Waals surface area contributed by atoms with E-state index in [4.69, 9.17) is 0 Å². The van der Waals surface area contributed by atoms with Crippen molar-refractivity contribution < 1.29 is 4.79 Å². The van der Waals surface area contributed by atoms with E-state index < -0.39 is 0 Å². The summed E-state index contributed by atoms with van der Waals surface area (Å²) in [5.41, 5.74) is 2.57. The average molecular weight is 275 g/mol. The summed E-state index contributed by atoms with van der Waals surface area (Å²) in [6, 6.07) is 9.16. The highest BCUT2D eigenvalue weighted by Gasteiger charge is 2.18. The van der Waals surface area contributed by atoms with E-state index in [1.54, 1.807) is 6.92 Å². The number of nitrogens with zero attached hydrogens (tertiary/aromatic N) is 2. The number of nitrogens with one attached hydrogen (secondary N) is 1. The van der Waals surface area contributed by atoms with E-state index in [-0.39, 0.29) is 5.91 Å². The average Bonchev–Trinajstić information content (AvgIpc) is 2.48. The lowest BCUT2D eigenvalue weighted by Crippen LogP contribution is -2.48. The van der Waals surface area contributed by atoms with Gasteiger partial charge in [0, 0.05) is 44.8 Å². The van der Waals surface area contributed by atoms with E-state index in [0.29, 0.717) is 6.04 Å². The van der Waals surface area contributed by atoms with Gasteiger partial charge in [-0.05, 0) is 31.2 Å². The van der Waals surface area contributed by atoms with Crippen LogP contribution in [-0.2, 0) is 4.79 Å². The van der Waals surface area contributed by atoms with Crippen LogP contribution in [0.4, 0.5) is 5.69 Å². The second kappa shape index (κ2) is 6.75. The van der Waals surface area contributed by atoms with Gasteiger partial charge in [-0.2, -0.15) is 0 Å². The first-order chi connectivity index (χ1) is 9.61. The summed E-state index contributed by atoms with van der Waals surface area (Å²) < 4.78 is 0. The molecule has 1 aliphatic rings. The number of carbonyl (C=O) groups is 1. The lowest BCUT2D eigenvalue weighted by molar-refractivity contribution is -0.129. The molecule has 0 radical (unpaired) electrons. The number of hydrogen-bond donors (Lipinski definition) is 1. The van der Waals surface area contributed by atoms with Gasteiger partial charge in [0.15, 0.2) is 0 Å². The Labute approximate surface area is 121 Å². The second-order valence-electron chi connectivity index (χ2n) is 5.36. The van der Waals surface area contributed by atoms with E-state index in [1.165, 1.54) is 11.3 Å². The highest BCUT2D eigenvalue weighted by atomic mass is 16.2. The molecule has 1 amide bonds. The Morgan fingerprint density at radius 2 is 1.80 bits per heavy atom. The first-order valence-electron chi connectivity index (χ1n) is 7.45. The third kappa shape index (κ3) is 3.51. The van der Waals surface area contributed by atoms with E-state index in [0.717, 1.165) is 32.7 Å². The van der Waals surface area contributed by atoms with E-state index in [1.807, 2.05) is 4.90 Å². The normalized spacial score (nSPS) is 17.1. The number of amides is 1. The molecule has 1 aromatic rings. The van der Waals surface area contributed by atoms with Crippen LogP contribution in [0.1, 0.15) is 32.4 Å². The molecule has 110 valence electrons. The molecular weight excluding hydrogens is 250 g/mol. The summed E-state index contributed by atoms with van der Waals surface area (Å²) in [6.07, 6.45) is 0. The van der Waals surface area contributed by atoms with Gasteiger partial charge >= 0.3 is 0 Å². The molecule has 1 heterocycles. The molecule has 1 N–H and O–H groups in total. The van der Waals surface area contributed by atoms with Crippen LogP contribution in [-0.4, -0.2) is 43.5 Å². The molecule has 0 aromatic heterocycles. The third-order valence-electron chi connectivity index (χ3n) is 3.99. The van der Waals surface area contributed by atoms with Gasteiger partial charge in [-0.15, -0.1) is 0 Å². The summed E-state index contributed by atoms with van der Waals surface area (Å²) in [6.45, 7) is 10.4. The standard InChI is InChI=1S/C16H25N3O/c1-4-17-13(2)15-5-7-16(8-6-15)19-11-9-18(10-12-19)14(3)20/h5-8,13,17H,4,9-12H2,1-3H3. The fraction of sp³-hybridized carbons (Fsp3) is 0.562. The number of anilines is 1. The molecule has 4 heteroatoms. The van der Waals surface area contributed by atoms with Crippen molar-refractivity contribution >= 4 is 11.6 Å². The molecule has 1 fully saturated rings. The summed E-state index contributed by atoms with van der Waals surface area (Å²) in [7, 11) is 0. The van der Waals surface area contributed by atoms with Crippen LogP contribution in [0.3, 0.4) is 0 Å². The van der Waals surface area contributed by atoms with Gasteiger partial charge in [-0.1, -0.05) is 19.1 Å². The van der Waals surface area contributed by atoms with Crippen molar-refractivity contribution in [3.05, 3.63) is 29.8 Å². The zero-order valence-corrected chi connectivity index (χ0v) is 12.7. The highest BCUT2D eigenvalue weighted by molar-refractivity contribution is 5.73. The summed E-state index contributed by atoms with van der Waals surface area (Å²) in [5.74, 6) is 0.180. The summed E-state index contributed by atoms with van der Waals surface area (Å²) in [5, 5.41) is 3.42. The smallest absolute Gasteiger partial charge is 0.219 e. The van der Waals surface area contributed by atoms with Gasteiger partial charge < -0.3 is 15.1 Å². The SMILES string of the molecule is CCNC(C)c1ccc(N2CCN(C(C)=O)CC2)cc1. The lowest BCUT2D eigenvalue weighted by Gasteiger charge is -2.35. The Kier molecular flexibility index (Phi) is 5.01. The molecular formula is C16H25N3O. The van der Waals surface area contributed by atoms with Crippen molar-refractivity contribution in [2.24, 2.45) is 0 Å². The van der Waals surface area contributed by atoms with Crippen molar-refractivity contribution in [1.82, 2.24) is 10.2 Å². The molecule has 1 aliphatic heterocycles. The predicted octanol–water partition coefficient (Wildman–Crippen LogP) is 2.03. The van der Waals surface area contributed by atoms with E-state index >= 15 is 0 Å². The quantitative estimate of drug-likeness (QED) is 0.913. The largest absolute Gasteiger partial charge is 0.368 e. The molecule has 2 rings (SSSR count). The van der Waals surface area contributed by atoms with Crippen LogP contribution >= 0.6 is 0 Å². The molecule has 0 aliphatic carbocycles. The maximum absolute atomic E-state index is 11.3. The van der Waals surface area contributed by atoms with Crippen molar-refractivity contribution in [1.29, 1.82) is 0 Å². The first kappa shape index (κ1) is 14.9. The molecule has 1 aromatic carbocycles. The molecule has 20 heavy (non-hydrogen) atoms. The number of carbonyl (C=O) groups excluding carboxylic acids is 1. The van der Waals surface area contributed by atoms with E-state index in [9.17, 15) is 4.79 Å². The van der Waals surface area contributed by atoms with Crippen LogP contribution < -0.4 is 10.2 Å². The Hall–Kier alpha value is -1.55. The Balaban J connectivity index is 1.96. The topological polar surface area (TPSA) is 35.6 Å². The number of hydrogen-bond acceptors (Lipinski definition) is 3. The van der Waals surface area contributed by atoms with Crippen molar-refractivity contribution in [2.45, 2.75) is 26.8 Å². The fourth-order valence-corrected chi connectivity index (χ4v) is 2.68. The molecule has 4 nitrogen and oxygen atoms in total. The fourth-order valence-electron chi connectivity index (χ4n) is 2.68. The molecule has 1 unspecified atom stereocenters. The van der Waals surface area contributed by atoms with Gasteiger partial charge in [-0.25, -0.2) is 0 Å². The Morgan fingerprint density at radius 1 is 1.20 bits per heavy atom. The van der Waals surface area contributed by atoms with Crippen LogP contribution in [0.2, 0.25) is 0 Å². The predicted molar refractivity (Wildman–Crippen MR) is 83.0 cm³/mol. The van der Waals surface area contributed by atoms with Crippen molar-refractivity contribution in [2.75, 3.05) is 37.6 Å². The summed E-state index contributed by atoms with van der Waals surface area (Å²) >= 11 is 0. The first-order valence-corrected chi connectivity index (χ1v) is 7.45. The second-order valence-corrected chi connectivity index (χ2v) is 5.36. The van der Waals surface area contributed by atoms with Gasteiger partial charge in [-0.3, -0.25) is 4.79 Å². The maximum Gasteiger partial charge on any atom is 0.219 e. The van der Waals surface area contributed by atoms with Gasteiger partial charge in [0.05, 0.1) is 0 Å². The molecule has 0 bridgehead atoms. The molecule has 1 atom stereocenters. The maximum atomic E-state index is 11.3. The lowest BCUT2D eigenvalue weighted by atomic mass is 10.1. The van der Waals surface area contributed by atoms with E-state index in [2.05, 4.69) is 48.3 Å². The van der Waals surface area contributed by atoms with Crippen LogP contribution in [0.15, 0.2) is 24.3 Å². The molecule has 1 saturated heterocycles. The van der Waals surface area contributed by atoms with Crippen LogP contribution in [0, 0.1) is 0 Å². The van der Waals surface area contributed by atoms with Gasteiger partial charge in [0.25, 0.3) is 0 Å². The minimum absolute atomic E-state index is 0.180. The Bertz CT molecular complexity index is 436. The monoisotopic (exact) mass is 275 g/mol. The van der Waals surface area contributed by atoms with Crippen molar-refractivity contribution in [3.63, 3.8) is 0 Å². The zero-order chi connectivity index (χ0) is 14.5. The van der Waals surface area contributed by atoms with Gasteiger partial charge in [0.2, 0.25) is 5.91 Å². The minimum atomic E-state index is 0.180. The van der Waals surface area contributed by atoms with Crippen LogP contribution in [0.5, 0.6) is 0 Å².